The van der Waals surface area contributed by atoms with Gasteiger partial charge >= 0.3 is 60.0 Å². The van der Waals surface area contributed by atoms with Crippen LogP contribution in [-0.4, -0.2) is 26.8 Å². The fourth-order valence-corrected chi connectivity index (χ4v) is 4.58. The van der Waals surface area contributed by atoms with Crippen LogP contribution >= 0.6 is 0 Å². The van der Waals surface area contributed by atoms with Gasteiger partial charge in [-0.05, 0) is 0 Å². The Hall–Kier alpha value is 0.650. The van der Waals surface area contributed by atoms with E-state index in [1.807, 2.05) is 0 Å². The normalized spacial score (nSPS) is 47.1. The molecule has 0 aliphatic carbocycles. The Kier molecular flexibility index (Phi) is 1.23. The fourth-order valence-electron chi connectivity index (χ4n) is 1.22. The van der Waals surface area contributed by atoms with Crippen LogP contribution in [0.1, 0.15) is 6.42 Å². The summed E-state index contributed by atoms with van der Waals surface area (Å²) in [5.41, 5.74) is 0. The summed E-state index contributed by atoms with van der Waals surface area (Å²) in [6, 6.07) is 0.860. The van der Waals surface area contributed by atoms with Crippen molar-refractivity contribution in [2.75, 3.05) is 13.6 Å². The van der Waals surface area contributed by atoms with Gasteiger partial charge in [0, 0.05) is 0 Å². The predicted molar refractivity (Wildman–Crippen MR) is 28.0 cm³/mol. The first-order valence-corrected chi connectivity index (χ1v) is 5.16. The Bertz CT molecular complexity index is 90.6. The standard InChI is InChI=1S/C5H10IN2/c1-8-3-4-2-5(6-8)7-4/h4-5,7H,2-3H2,1H3/q-1. The van der Waals surface area contributed by atoms with Gasteiger partial charge in [-0.25, -0.2) is 0 Å². The molecule has 0 aromatic carbocycles. The SMILES string of the molecule is CN1CC2CC(N2)[I-]1. The summed E-state index contributed by atoms with van der Waals surface area (Å²) in [5.74, 6) is 0. The quantitative estimate of drug-likeness (QED) is 0.200. The summed E-state index contributed by atoms with van der Waals surface area (Å²) >= 11 is 0.377. The second-order valence-electron chi connectivity index (χ2n) is 2.45. The summed E-state index contributed by atoms with van der Waals surface area (Å²) in [6.07, 6.45) is 1.47. The molecular weight excluding hydrogens is 215 g/mol. The van der Waals surface area contributed by atoms with Gasteiger partial charge in [-0.3, -0.25) is 0 Å². The van der Waals surface area contributed by atoms with E-state index in [4.69, 9.17) is 0 Å². The molecule has 8 heavy (non-hydrogen) atoms. The van der Waals surface area contributed by atoms with Gasteiger partial charge < -0.3 is 0 Å². The van der Waals surface area contributed by atoms with Crippen LogP contribution in [0.4, 0.5) is 0 Å². The van der Waals surface area contributed by atoms with Gasteiger partial charge in [0.25, 0.3) is 0 Å². The molecule has 0 aromatic heterocycles. The molecule has 2 nitrogen and oxygen atoms in total. The fraction of sp³-hybridized carbons (Fsp3) is 1.00. The molecule has 3 aliphatic rings. The second-order valence-corrected chi connectivity index (χ2v) is 6.16. The van der Waals surface area contributed by atoms with Crippen molar-refractivity contribution < 1.29 is 21.5 Å². The Labute approximate surface area is 60.2 Å². The summed E-state index contributed by atoms with van der Waals surface area (Å²) in [7, 11) is 2.24. The van der Waals surface area contributed by atoms with Crippen LogP contribution in [0, 0.1) is 0 Å². The average molecular weight is 225 g/mol. The van der Waals surface area contributed by atoms with Crippen molar-refractivity contribution in [2.45, 2.75) is 16.5 Å². The molecule has 3 saturated heterocycles. The number of nitrogens with zero attached hydrogens (tertiary/aromatic N) is 1. The monoisotopic (exact) mass is 225 g/mol. The third-order valence-corrected chi connectivity index (χ3v) is 4.55. The Morgan fingerprint density at radius 1 is 1.75 bits per heavy atom. The van der Waals surface area contributed by atoms with Crippen molar-refractivity contribution >= 4 is 0 Å². The molecule has 0 amide bonds. The van der Waals surface area contributed by atoms with Gasteiger partial charge in [-0.1, -0.05) is 0 Å². The third-order valence-electron chi connectivity index (χ3n) is 1.66. The number of rotatable bonds is 0. The molecule has 2 unspecified atom stereocenters. The summed E-state index contributed by atoms with van der Waals surface area (Å²) in [5, 5.41) is 3.52. The number of likely N-dealkylation sites (N-methyl/N-ethyl adjacent to an activating group) is 1. The summed E-state index contributed by atoms with van der Waals surface area (Å²) < 4.78 is 3.45. The van der Waals surface area contributed by atoms with Gasteiger partial charge in [0.2, 0.25) is 0 Å². The predicted octanol–water partition coefficient (Wildman–Crippen LogP) is -3.38. The van der Waals surface area contributed by atoms with E-state index < -0.39 is 0 Å². The van der Waals surface area contributed by atoms with Crippen LogP contribution in [0.3, 0.4) is 0 Å². The van der Waals surface area contributed by atoms with Gasteiger partial charge in [-0.15, -0.1) is 0 Å². The molecule has 2 bridgehead atoms. The molecule has 1 N–H and O–H groups in total. The number of alkyl halides is 1. The molecule has 3 fully saturated rings. The number of nitrogens with one attached hydrogen (secondary N) is 1. The molecule has 0 saturated carbocycles. The molecule has 3 aliphatic heterocycles. The molecule has 0 spiro atoms. The molecule has 3 heteroatoms. The van der Waals surface area contributed by atoms with E-state index in [1.165, 1.54) is 13.0 Å². The third kappa shape index (κ3) is 0.766. The van der Waals surface area contributed by atoms with E-state index in [0.717, 1.165) is 10.1 Å². The van der Waals surface area contributed by atoms with E-state index in [2.05, 4.69) is 15.5 Å². The molecule has 2 atom stereocenters. The van der Waals surface area contributed by atoms with Crippen LogP contribution in [0.25, 0.3) is 0 Å². The van der Waals surface area contributed by atoms with Crippen molar-refractivity contribution in [3.05, 3.63) is 0 Å². The Morgan fingerprint density at radius 3 is 2.75 bits per heavy atom. The molecule has 48 valence electrons. The zero-order chi connectivity index (χ0) is 5.56. The topological polar surface area (TPSA) is 15.3 Å². The maximum atomic E-state index is 3.52. The maximum absolute atomic E-state index is 3.52. The first-order chi connectivity index (χ1) is 3.84. The van der Waals surface area contributed by atoms with Gasteiger partial charge in [0.1, 0.15) is 0 Å². The van der Waals surface area contributed by atoms with E-state index in [9.17, 15) is 0 Å². The van der Waals surface area contributed by atoms with Crippen molar-refractivity contribution in [2.24, 2.45) is 0 Å². The van der Waals surface area contributed by atoms with Crippen LogP contribution in [0.15, 0.2) is 0 Å². The first kappa shape index (κ1) is 5.44. The number of halogens is 1. The van der Waals surface area contributed by atoms with Gasteiger partial charge in [0.05, 0.1) is 0 Å². The average Bonchev–Trinajstić information content (AvgIpc) is 1.62. The van der Waals surface area contributed by atoms with Crippen molar-refractivity contribution in [1.29, 1.82) is 0 Å². The summed E-state index contributed by atoms with van der Waals surface area (Å²) in [6.45, 7) is 1.31. The van der Waals surface area contributed by atoms with Crippen molar-refractivity contribution in [3.63, 3.8) is 0 Å². The van der Waals surface area contributed by atoms with Crippen molar-refractivity contribution in [1.82, 2.24) is 8.43 Å². The van der Waals surface area contributed by atoms with Crippen LogP contribution in [-0.2, 0) is 0 Å². The Balaban J connectivity index is 1.97. The molecule has 3 rings (SSSR count). The molecular formula is C5H10IN2-. The second kappa shape index (κ2) is 1.82. The minimum atomic E-state index is 0.377. The first-order valence-electron chi connectivity index (χ1n) is 2.95. The summed E-state index contributed by atoms with van der Waals surface area (Å²) in [4.78, 5) is 0. The molecule has 0 aromatic rings. The van der Waals surface area contributed by atoms with Gasteiger partial charge in [0.15, 0.2) is 0 Å². The molecule has 3 heterocycles. The van der Waals surface area contributed by atoms with Crippen molar-refractivity contribution in [3.8, 4) is 0 Å². The number of hydrogen-bond acceptors (Lipinski definition) is 2. The Morgan fingerprint density at radius 2 is 2.50 bits per heavy atom. The van der Waals surface area contributed by atoms with E-state index in [1.54, 1.807) is 0 Å². The van der Waals surface area contributed by atoms with Crippen LogP contribution in [0.2, 0.25) is 0 Å². The number of fused-ring (bicyclic) bond motifs is 2. The molecule has 0 radical (unpaired) electrons. The van der Waals surface area contributed by atoms with Gasteiger partial charge in [-0.2, -0.15) is 0 Å². The van der Waals surface area contributed by atoms with Crippen LogP contribution < -0.4 is 26.8 Å². The van der Waals surface area contributed by atoms with E-state index in [0.29, 0.717) is 21.5 Å². The zero-order valence-corrected chi connectivity index (χ0v) is 7.05. The van der Waals surface area contributed by atoms with E-state index >= 15 is 0 Å². The van der Waals surface area contributed by atoms with Crippen LogP contribution in [0.5, 0.6) is 0 Å². The van der Waals surface area contributed by atoms with E-state index in [-0.39, 0.29) is 0 Å². The number of hydrogen-bond donors (Lipinski definition) is 1. The minimum absolute atomic E-state index is 0.377. The zero-order valence-electron chi connectivity index (χ0n) is 4.89.